The minimum atomic E-state index is -2.94. The van der Waals surface area contributed by atoms with Crippen LogP contribution in [0.25, 0.3) is 0 Å². The van der Waals surface area contributed by atoms with Gasteiger partial charge in [-0.05, 0) is 49.7 Å². The van der Waals surface area contributed by atoms with Crippen molar-refractivity contribution in [3.8, 4) is 17.2 Å². The molecule has 8 heteroatoms. The standard InChI is InChI=1S/C20H22BrF2NO4/c1-12(2)27-17-10-14(21)6-7-15(17)19(25)24(3)11-13-5-8-16(28-20(22)23)18(9-13)26-4/h5-10,12,20H,11H2,1-4H3. The first kappa shape index (κ1) is 21.9. The molecule has 2 aromatic carbocycles. The van der Waals surface area contributed by atoms with Gasteiger partial charge in [-0.25, -0.2) is 0 Å². The quantitative estimate of drug-likeness (QED) is 0.551. The Morgan fingerprint density at radius 3 is 2.39 bits per heavy atom. The molecule has 0 unspecified atom stereocenters. The van der Waals surface area contributed by atoms with Crippen molar-refractivity contribution in [3.05, 3.63) is 52.0 Å². The zero-order valence-corrected chi connectivity index (χ0v) is 17.6. The molecule has 0 N–H and O–H groups in total. The molecular formula is C20H22BrF2NO4. The second-order valence-corrected chi connectivity index (χ2v) is 7.25. The molecule has 0 aromatic heterocycles. The van der Waals surface area contributed by atoms with Crippen LogP contribution in [-0.4, -0.2) is 37.7 Å². The molecule has 0 bridgehead atoms. The Labute approximate surface area is 171 Å². The van der Waals surface area contributed by atoms with Crippen molar-refractivity contribution in [2.75, 3.05) is 14.2 Å². The summed E-state index contributed by atoms with van der Waals surface area (Å²) < 4.78 is 41.0. The summed E-state index contributed by atoms with van der Waals surface area (Å²) >= 11 is 3.38. The Morgan fingerprint density at radius 2 is 1.79 bits per heavy atom. The van der Waals surface area contributed by atoms with Gasteiger partial charge in [0.05, 0.1) is 18.8 Å². The van der Waals surface area contributed by atoms with E-state index in [2.05, 4.69) is 20.7 Å². The maximum atomic E-state index is 12.9. The van der Waals surface area contributed by atoms with Gasteiger partial charge >= 0.3 is 6.61 Å². The molecule has 5 nitrogen and oxygen atoms in total. The van der Waals surface area contributed by atoms with E-state index in [1.54, 1.807) is 37.4 Å². The molecule has 0 fully saturated rings. The molecule has 0 aliphatic rings. The van der Waals surface area contributed by atoms with E-state index >= 15 is 0 Å². The molecular weight excluding hydrogens is 436 g/mol. The normalized spacial score (nSPS) is 10.9. The highest BCUT2D eigenvalue weighted by Gasteiger charge is 2.19. The predicted molar refractivity (Wildman–Crippen MR) is 105 cm³/mol. The lowest BCUT2D eigenvalue weighted by Crippen LogP contribution is -2.27. The Bertz CT molecular complexity index is 830. The fourth-order valence-corrected chi connectivity index (χ4v) is 2.92. The minimum Gasteiger partial charge on any atom is -0.493 e. The van der Waals surface area contributed by atoms with Crippen LogP contribution in [0, 0.1) is 0 Å². The highest BCUT2D eigenvalue weighted by atomic mass is 79.9. The van der Waals surface area contributed by atoms with Gasteiger partial charge in [0.25, 0.3) is 5.91 Å². The van der Waals surface area contributed by atoms with Gasteiger partial charge in [-0.3, -0.25) is 4.79 Å². The van der Waals surface area contributed by atoms with Crippen molar-refractivity contribution < 1.29 is 27.8 Å². The minimum absolute atomic E-state index is 0.0595. The zero-order valence-electron chi connectivity index (χ0n) is 16.0. The number of benzene rings is 2. The van der Waals surface area contributed by atoms with Gasteiger partial charge in [-0.2, -0.15) is 8.78 Å². The van der Waals surface area contributed by atoms with Crippen LogP contribution in [0.2, 0.25) is 0 Å². The van der Waals surface area contributed by atoms with Crippen LogP contribution in [0.4, 0.5) is 8.78 Å². The van der Waals surface area contributed by atoms with Crippen LogP contribution in [0.1, 0.15) is 29.8 Å². The highest BCUT2D eigenvalue weighted by Crippen LogP contribution is 2.30. The van der Waals surface area contributed by atoms with Gasteiger partial charge in [0, 0.05) is 18.1 Å². The second kappa shape index (κ2) is 9.73. The Kier molecular flexibility index (Phi) is 7.62. The van der Waals surface area contributed by atoms with Crippen molar-refractivity contribution in [3.63, 3.8) is 0 Å². The molecule has 0 saturated heterocycles. The summed E-state index contributed by atoms with van der Waals surface area (Å²) in [5.41, 5.74) is 1.14. The number of ether oxygens (including phenoxy) is 3. The molecule has 0 aliphatic heterocycles. The van der Waals surface area contributed by atoms with Gasteiger partial charge in [0.1, 0.15) is 5.75 Å². The number of nitrogens with zero attached hydrogens (tertiary/aromatic N) is 1. The number of methoxy groups -OCH3 is 1. The number of rotatable bonds is 8. The van der Waals surface area contributed by atoms with Crippen molar-refractivity contribution in [1.82, 2.24) is 4.90 Å². The molecule has 0 atom stereocenters. The molecule has 0 radical (unpaired) electrons. The first-order valence-electron chi connectivity index (χ1n) is 8.54. The number of hydrogen-bond donors (Lipinski definition) is 0. The van der Waals surface area contributed by atoms with E-state index in [0.29, 0.717) is 16.9 Å². The Hall–Kier alpha value is -2.35. The average molecular weight is 458 g/mol. The van der Waals surface area contributed by atoms with Gasteiger partial charge in [0.2, 0.25) is 0 Å². The molecule has 0 spiro atoms. The van der Waals surface area contributed by atoms with Gasteiger partial charge in [-0.1, -0.05) is 22.0 Å². The summed E-state index contributed by atoms with van der Waals surface area (Å²) in [6.07, 6.45) is -0.0854. The fourth-order valence-electron chi connectivity index (χ4n) is 2.58. The van der Waals surface area contributed by atoms with E-state index in [9.17, 15) is 13.6 Å². The molecule has 28 heavy (non-hydrogen) atoms. The number of amides is 1. The molecule has 0 aliphatic carbocycles. The molecule has 0 saturated carbocycles. The molecule has 0 heterocycles. The molecule has 2 rings (SSSR count). The number of alkyl halides is 2. The SMILES string of the molecule is COc1cc(CN(C)C(=O)c2ccc(Br)cc2OC(C)C)ccc1OC(F)F. The van der Waals surface area contributed by atoms with Crippen LogP contribution in [0.15, 0.2) is 40.9 Å². The summed E-state index contributed by atoms with van der Waals surface area (Å²) in [7, 11) is 3.02. The van der Waals surface area contributed by atoms with E-state index < -0.39 is 6.61 Å². The zero-order chi connectivity index (χ0) is 20.8. The lowest BCUT2D eigenvalue weighted by atomic mass is 10.1. The van der Waals surface area contributed by atoms with Crippen LogP contribution in [-0.2, 0) is 6.54 Å². The number of hydrogen-bond acceptors (Lipinski definition) is 4. The smallest absolute Gasteiger partial charge is 0.387 e. The largest absolute Gasteiger partial charge is 0.493 e. The maximum Gasteiger partial charge on any atom is 0.387 e. The maximum absolute atomic E-state index is 12.9. The van der Waals surface area contributed by atoms with E-state index in [-0.39, 0.29) is 30.1 Å². The van der Waals surface area contributed by atoms with Gasteiger partial charge in [-0.15, -0.1) is 0 Å². The summed E-state index contributed by atoms with van der Waals surface area (Å²) in [4.78, 5) is 14.4. The predicted octanol–water partition coefficient (Wildman–Crippen LogP) is 5.12. The van der Waals surface area contributed by atoms with Crippen LogP contribution >= 0.6 is 15.9 Å². The van der Waals surface area contributed by atoms with Crippen molar-refractivity contribution in [2.45, 2.75) is 33.1 Å². The summed E-state index contributed by atoms with van der Waals surface area (Å²) in [6, 6.07) is 9.78. The third-order valence-corrected chi connectivity index (χ3v) is 4.24. The van der Waals surface area contributed by atoms with Gasteiger partial charge < -0.3 is 19.1 Å². The highest BCUT2D eigenvalue weighted by molar-refractivity contribution is 9.10. The lowest BCUT2D eigenvalue weighted by molar-refractivity contribution is -0.0512. The van der Waals surface area contributed by atoms with Crippen LogP contribution in [0.5, 0.6) is 17.2 Å². The first-order chi connectivity index (χ1) is 13.2. The second-order valence-electron chi connectivity index (χ2n) is 6.33. The third-order valence-electron chi connectivity index (χ3n) is 3.75. The van der Waals surface area contributed by atoms with E-state index in [1.807, 2.05) is 13.8 Å². The number of carbonyl (C=O) groups excluding carboxylic acids is 1. The average Bonchev–Trinajstić information content (AvgIpc) is 2.61. The van der Waals surface area contributed by atoms with Crippen LogP contribution in [0.3, 0.4) is 0 Å². The molecule has 152 valence electrons. The molecule has 1 amide bonds. The molecule has 2 aromatic rings. The summed E-state index contributed by atoms with van der Waals surface area (Å²) in [6.45, 7) is 1.07. The Balaban J connectivity index is 2.21. The summed E-state index contributed by atoms with van der Waals surface area (Å²) in [5.74, 6) is 0.372. The number of halogens is 3. The third kappa shape index (κ3) is 5.82. The number of carbonyl (C=O) groups is 1. The lowest BCUT2D eigenvalue weighted by Gasteiger charge is -2.21. The van der Waals surface area contributed by atoms with Crippen molar-refractivity contribution in [2.24, 2.45) is 0 Å². The van der Waals surface area contributed by atoms with Crippen molar-refractivity contribution in [1.29, 1.82) is 0 Å². The van der Waals surface area contributed by atoms with Crippen LogP contribution < -0.4 is 14.2 Å². The fraction of sp³-hybridized carbons (Fsp3) is 0.350. The topological polar surface area (TPSA) is 48.0 Å². The first-order valence-corrected chi connectivity index (χ1v) is 9.34. The monoisotopic (exact) mass is 457 g/mol. The van der Waals surface area contributed by atoms with Gasteiger partial charge in [0.15, 0.2) is 11.5 Å². The van der Waals surface area contributed by atoms with Crippen molar-refractivity contribution >= 4 is 21.8 Å². The summed E-state index contributed by atoms with van der Waals surface area (Å²) in [5, 5.41) is 0. The van der Waals surface area contributed by atoms with E-state index in [0.717, 1.165) is 4.47 Å². The van der Waals surface area contributed by atoms with E-state index in [4.69, 9.17) is 9.47 Å². The Morgan fingerprint density at radius 1 is 1.07 bits per heavy atom. The van der Waals surface area contributed by atoms with E-state index in [1.165, 1.54) is 18.1 Å².